The van der Waals surface area contributed by atoms with Crippen molar-refractivity contribution in [3.63, 3.8) is 0 Å². The molecule has 0 aliphatic heterocycles. The summed E-state index contributed by atoms with van der Waals surface area (Å²) in [6.45, 7) is 4.25. The van der Waals surface area contributed by atoms with Crippen LogP contribution in [0, 0.1) is 0 Å². The average molecular weight is 395 g/mol. The summed E-state index contributed by atoms with van der Waals surface area (Å²) in [6.07, 6.45) is 1.08. The van der Waals surface area contributed by atoms with E-state index < -0.39 is 0 Å². The molecule has 0 atom stereocenters. The van der Waals surface area contributed by atoms with E-state index in [0.29, 0.717) is 21.7 Å². The summed E-state index contributed by atoms with van der Waals surface area (Å²) in [4.78, 5) is 0. The maximum absolute atomic E-state index is 6.07. The van der Waals surface area contributed by atoms with Gasteiger partial charge in [0.2, 0.25) is 0 Å². The number of hydrogen-bond acceptors (Lipinski definition) is 2. The molecule has 2 aromatic rings. The molecule has 0 bridgehead atoms. The molecule has 2 aromatic carbocycles. The van der Waals surface area contributed by atoms with Crippen molar-refractivity contribution in [2.75, 3.05) is 6.54 Å². The predicted octanol–water partition coefficient (Wildman–Crippen LogP) is 6.15. The van der Waals surface area contributed by atoms with Crippen LogP contribution in [0.4, 0.5) is 0 Å². The lowest BCUT2D eigenvalue weighted by Crippen LogP contribution is -2.14. The molecule has 0 aromatic heterocycles. The van der Waals surface area contributed by atoms with E-state index in [4.69, 9.17) is 39.5 Å². The molecule has 0 spiro atoms. The van der Waals surface area contributed by atoms with Gasteiger partial charge in [-0.25, -0.2) is 0 Å². The Labute approximate surface area is 158 Å². The van der Waals surface area contributed by atoms with Crippen molar-refractivity contribution in [2.24, 2.45) is 0 Å². The van der Waals surface area contributed by atoms with Gasteiger partial charge in [-0.05, 0) is 48.9 Å². The van der Waals surface area contributed by atoms with Gasteiger partial charge >= 0.3 is 0 Å². The molecule has 126 valence electrons. The second kappa shape index (κ2) is 10.3. The van der Waals surface area contributed by atoms with E-state index >= 15 is 0 Å². The van der Waals surface area contributed by atoms with E-state index in [1.54, 1.807) is 6.07 Å². The summed E-state index contributed by atoms with van der Waals surface area (Å²) in [7, 11) is 0. The number of benzene rings is 2. The number of hydrogen-bond donors (Lipinski definition) is 1. The van der Waals surface area contributed by atoms with E-state index in [0.717, 1.165) is 36.4 Å². The summed E-state index contributed by atoms with van der Waals surface area (Å²) in [5.74, 6) is 0.819. The van der Waals surface area contributed by atoms with Gasteiger partial charge in [-0.2, -0.15) is 0 Å². The third-order valence-corrected chi connectivity index (χ3v) is 4.12. The Balaban J connectivity index is 0.00000264. The van der Waals surface area contributed by atoms with Crippen LogP contribution < -0.4 is 10.1 Å². The van der Waals surface area contributed by atoms with Gasteiger partial charge in [0.05, 0.1) is 10.0 Å². The molecule has 0 unspecified atom stereocenters. The van der Waals surface area contributed by atoms with Gasteiger partial charge in [-0.15, -0.1) is 12.4 Å². The van der Waals surface area contributed by atoms with Gasteiger partial charge < -0.3 is 10.1 Å². The topological polar surface area (TPSA) is 21.3 Å². The van der Waals surface area contributed by atoms with Crippen LogP contribution in [0.1, 0.15) is 24.5 Å². The quantitative estimate of drug-likeness (QED) is 0.568. The van der Waals surface area contributed by atoms with Crippen molar-refractivity contribution >= 4 is 47.2 Å². The van der Waals surface area contributed by atoms with Crippen LogP contribution in [0.3, 0.4) is 0 Å². The van der Waals surface area contributed by atoms with Crippen LogP contribution in [0.15, 0.2) is 36.4 Å². The largest absolute Gasteiger partial charge is 0.489 e. The maximum atomic E-state index is 6.07. The molecular weight excluding hydrogens is 376 g/mol. The van der Waals surface area contributed by atoms with Crippen molar-refractivity contribution in [2.45, 2.75) is 26.5 Å². The third kappa shape index (κ3) is 6.40. The first-order chi connectivity index (χ1) is 10.6. The average Bonchev–Trinajstić information content (AvgIpc) is 2.50. The fourth-order valence-corrected chi connectivity index (χ4v) is 2.53. The standard InChI is InChI=1S/C17H18Cl3NO.ClH/c1-2-7-21-10-13-9-14(18)4-6-17(13)22-11-12-3-5-15(19)16(20)8-12;/h3-6,8-9,21H,2,7,10-11H2,1H3;1H. The van der Waals surface area contributed by atoms with Gasteiger partial charge in [-0.1, -0.05) is 47.8 Å². The van der Waals surface area contributed by atoms with E-state index in [1.807, 2.05) is 30.3 Å². The normalized spacial score (nSPS) is 10.3. The van der Waals surface area contributed by atoms with Crippen LogP contribution in [-0.4, -0.2) is 6.54 Å². The van der Waals surface area contributed by atoms with Gasteiger partial charge in [0.25, 0.3) is 0 Å². The zero-order valence-electron chi connectivity index (χ0n) is 12.7. The smallest absolute Gasteiger partial charge is 0.124 e. The molecule has 0 heterocycles. The molecule has 23 heavy (non-hydrogen) atoms. The van der Waals surface area contributed by atoms with E-state index in [1.165, 1.54) is 0 Å². The highest BCUT2D eigenvalue weighted by Gasteiger charge is 2.06. The maximum Gasteiger partial charge on any atom is 0.124 e. The molecule has 1 N–H and O–H groups in total. The van der Waals surface area contributed by atoms with Crippen molar-refractivity contribution in [1.29, 1.82) is 0 Å². The first kappa shape index (κ1) is 20.4. The lowest BCUT2D eigenvalue weighted by molar-refractivity contribution is 0.302. The number of rotatable bonds is 7. The van der Waals surface area contributed by atoms with Crippen molar-refractivity contribution in [3.8, 4) is 5.75 Å². The zero-order chi connectivity index (χ0) is 15.9. The Bertz CT molecular complexity index is 634. The van der Waals surface area contributed by atoms with Crippen LogP contribution in [0.25, 0.3) is 0 Å². The van der Waals surface area contributed by atoms with Crippen LogP contribution >= 0.6 is 47.2 Å². The van der Waals surface area contributed by atoms with Gasteiger partial charge in [0.15, 0.2) is 0 Å². The third-order valence-electron chi connectivity index (χ3n) is 3.14. The summed E-state index contributed by atoms with van der Waals surface area (Å²) < 4.78 is 5.90. The van der Waals surface area contributed by atoms with Crippen LogP contribution in [-0.2, 0) is 13.2 Å². The molecule has 0 fully saturated rings. The van der Waals surface area contributed by atoms with Crippen molar-refractivity contribution < 1.29 is 4.74 Å². The Hall–Kier alpha value is -0.640. The minimum Gasteiger partial charge on any atom is -0.489 e. The van der Waals surface area contributed by atoms with E-state index in [-0.39, 0.29) is 12.4 Å². The molecule has 2 nitrogen and oxygen atoms in total. The predicted molar refractivity (Wildman–Crippen MR) is 101 cm³/mol. The molecule has 0 aliphatic carbocycles. The summed E-state index contributed by atoms with van der Waals surface area (Å²) in [5, 5.41) is 5.13. The lowest BCUT2D eigenvalue weighted by atomic mass is 10.2. The van der Waals surface area contributed by atoms with Gasteiger partial charge in [0.1, 0.15) is 12.4 Å². The molecule has 6 heteroatoms. The Morgan fingerprint density at radius 3 is 2.48 bits per heavy atom. The summed E-state index contributed by atoms with van der Waals surface area (Å²) in [5.41, 5.74) is 2.01. The van der Waals surface area contributed by atoms with Crippen molar-refractivity contribution in [1.82, 2.24) is 5.32 Å². The number of nitrogens with one attached hydrogen (secondary N) is 1. The molecule has 0 radical (unpaired) electrons. The van der Waals surface area contributed by atoms with Crippen LogP contribution in [0.5, 0.6) is 5.75 Å². The lowest BCUT2D eigenvalue weighted by Gasteiger charge is -2.13. The first-order valence-electron chi connectivity index (χ1n) is 7.16. The number of ether oxygens (including phenoxy) is 1. The SMILES string of the molecule is CCCNCc1cc(Cl)ccc1OCc1ccc(Cl)c(Cl)c1.Cl. The monoisotopic (exact) mass is 393 g/mol. The Morgan fingerprint density at radius 2 is 1.78 bits per heavy atom. The second-order valence-corrected chi connectivity index (χ2v) is 6.22. The molecule has 0 aliphatic rings. The molecule has 0 amide bonds. The first-order valence-corrected chi connectivity index (χ1v) is 8.29. The highest BCUT2D eigenvalue weighted by molar-refractivity contribution is 6.42. The van der Waals surface area contributed by atoms with Gasteiger partial charge in [-0.3, -0.25) is 0 Å². The fourth-order valence-electron chi connectivity index (χ4n) is 2.02. The van der Waals surface area contributed by atoms with Crippen LogP contribution in [0.2, 0.25) is 15.1 Å². The summed E-state index contributed by atoms with van der Waals surface area (Å²) in [6, 6.07) is 11.1. The van der Waals surface area contributed by atoms with E-state index in [9.17, 15) is 0 Å². The van der Waals surface area contributed by atoms with Gasteiger partial charge in [0, 0.05) is 17.1 Å². The highest BCUT2D eigenvalue weighted by Crippen LogP contribution is 2.26. The molecule has 0 saturated heterocycles. The highest BCUT2D eigenvalue weighted by atomic mass is 35.5. The minimum absolute atomic E-state index is 0. The molecule has 2 rings (SSSR count). The number of halogens is 4. The van der Waals surface area contributed by atoms with Crippen molar-refractivity contribution in [3.05, 3.63) is 62.6 Å². The Morgan fingerprint density at radius 1 is 1.00 bits per heavy atom. The minimum atomic E-state index is 0. The molecular formula is C17H19Cl4NO. The zero-order valence-corrected chi connectivity index (χ0v) is 15.8. The Kier molecular flexibility index (Phi) is 9.11. The fraction of sp³-hybridized carbons (Fsp3) is 0.294. The summed E-state index contributed by atoms with van der Waals surface area (Å²) >= 11 is 18.0. The van der Waals surface area contributed by atoms with E-state index in [2.05, 4.69) is 12.2 Å². The second-order valence-electron chi connectivity index (χ2n) is 4.97. The molecule has 0 saturated carbocycles.